The van der Waals surface area contributed by atoms with Gasteiger partial charge >= 0.3 is 0 Å². The molecule has 0 unspecified atom stereocenters. The van der Waals surface area contributed by atoms with E-state index >= 15 is 0 Å². The van der Waals surface area contributed by atoms with Gasteiger partial charge in [-0.1, -0.05) is 59.6 Å². The fraction of sp³-hybridized carbons (Fsp3) is 0.154. The van der Waals surface area contributed by atoms with Crippen LogP contribution in [0.25, 0.3) is 5.70 Å². The summed E-state index contributed by atoms with van der Waals surface area (Å²) in [5.74, 6) is -0.344. The van der Waals surface area contributed by atoms with Crippen molar-refractivity contribution in [2.45, 2.75) is 4.84 Å². The number of carbonyl (C=O) groups excluding carboxylic acids is 1. The van der Waals surface area contributed by atoms with Gasteiger partial charge in [-0.3, -0.25) is 4.79 Å². The summed E-state index contributed by atoms with van der Waals surface area (Å²) in [4.78, 5) is 10.4. The predicted molar refractivity (Wildman–Crippen MR) is 73.1 cm³/mol. The fourth-order valence-corrected chi connectivity index (χ4v) is 1.37. The first-order valence-corrected chi connectivity index (χ1v) is 5.96. The largest absolute Gasteiger partial charge is 0.381 e. The average Bonchev–Trinajstić information content (AvgIpc) is 2.35. The summed E-state index contributed by atoms with van der Waals surface area (Å²) in [6.45, 7) is 4.17. The summed E-state index contributed by atoms with van der Waals surface area (Å²) in [6.07, 6.45) is 3.11. The number of carbonyl (C=O) groups is 1. The number of nitrogens with one attached hydrogen (secondary N) is 1. The van der Waals surface area contributed by atoms with Gasteiger partial charge in [-0.25, -0.2) is 0 Å². The van der Waals surface area contributed by atoms with E-state index in [0.29, 0.717) is 12.2 Å². The molecule has 0 aliphatic heterocycles. The van der Waals surface area contributed by atoms with Crippen molar-refractivity contribution in [3.8, 4) is 0 Å². The number of hydrogen-bond acceptors (Lipinski definition) is 2. The first-order chi connectivity index (χ1) is 8.15. The Morgan fingerprint density at radius 2 is 2.00 bits per heavy atom. The van der Waals surface area contributed by atoms with Crippen molar-refractivity contribution >= 4 is 34.7 Å². The van der Waals surface area contributed by atoms with E-state index in [1.54, 1.807) is 6.08 Å². The minimum absolute atomic E-state index is 0.344. The zero-order valence-electron chi connectivity index (χ0n) is 9.20. The Balaban J connectivity index is 2.95. The Morgan fingerprint density at radius 3 is 2.53 bits per heavy atom. The molecule has 1 aromatic carbocycles. The zero-order chi connectivity index (χ0) is 12.7. The molecule has 1 aromatic rings. The first kappa shape index (κ1) is 13.8. The molecule has 0 radical (unpaired) electrons. The Hall–Kier alpha value is -1.25. The van der Waals surface area contributed by atoms with Gasteiger partial charge in [-0.05, 0) is 5.56 Å². The van der Waals surface area contributed by atoms with Gasteiger partial charge in [0.05, 0.1) is 0 Å². The molecule has 0 aliphatic carbocycles. The number of hydrogen-bond donors (Lipinski definition) is 1. The summed E-state index contributed by atoms with van der Waals surface area (Å²) in [5, 5.41) is 3.08. The van der Waals surface area contributed by atoms with Crippen LogP contribution < -0.4 is 5.32 Å². The van der Waals surface area contributed by atoms with Crippen molar-refractivity contribution in [3.05, 3.63) is 54.6 Å². The molecule has 0 atom stereocenters. The van der Waals surface area contributed by atoms with Gasteiger partial charge in [0.2, 0.25) is 0 Å². The van der Waals surface area contributed by atoms with Gasteiger partial charge in [0.15, 0.2) is 10.6 Å². The van der Waals surface area contributed by atoms with Crippen molar-refractivity contribution in [2.75, 3.05) is 6.54 Å². The average molecular weight is 270 g/mol. The van der Waals surface area contributed by atoms with Crippen molar-refractivity contribution in [3.63, 3.8) is 0 Å². The van der Waals surface area contributed by atoms with E-state index in [1.807, 2.05) is 30.3 Å². The molecule has 1 N–H and O–H groups in total. The van der Waals surface area contributed by atoms with E-state index in [4.69, 9.17) is 23.2 Å². The Bertz CT molecular complexity index is 413. The van der Waals surface area contributed by atoms with Crippen LogP contribution in [0.4, 0.5) is 0 Å². The normalized spacial score (nSPS) is 11.4. The highest BCUT2D eigenvalue weighted by atomic mass is 35.5. The second-order valence-electron chi connectivity index (χ2n) is 3.30. The SMILES string of the molecule is C=CCN/C(=C/C(=O)C(Cl)Cl)c1ccccc1. The van der Waals surface area contributed by atoms with Crippen LogP contribution in [-0.2, 0) is 4.79 Å². The van der Waals surface area contributed by atoms with Crippen LogP contribution >= 0.6 is 23.2 Å². The summed E-state index contributed by atoms with van der Waals surface area (Å²) in [7, 11) is 0. The summed E-state index contributed by atoms with van der Waals surface area (Å²) in [6, 6.07) is 9.48. The molecular weight excluding hydrogens is 257 g/mol. The fourth-order valence-electron chi connectivity index (χ4n) is 1.24. The molecule has 0 bridgehead atoms. The standard InChI is InChI=1S/C13H13Cl2NO/c1-2-8-16-11(9-12(17)13(14)15)10-6-4-3-5-7-10/h2-7,9,13,16H,1,8H2/b11-9+. The van der Waals surface area contributed by atoms with E-state index in [0.717, 1.165) is 5.56 Å². The maximum absolute atomic E-state index is 11.5. The molecule has 17 heavy (non-hydrogen) atoms. The van der Waals surface area contributed by atoms with Crippen LogP contribution in [-0.4, -0.2) is 17.2 Å². The molecule has 90 valence electrons. The molecule has 4 heteroatoms. The molecule has 0 heterocycles. The van der Waals surface area contributed by atoms with Gasteiger partial charge in [-0.2, -0.15) is 0 Å². The smallest absolute Gasteiger partial charge is 0.190 e. The van der Waals surface area contributed by atoms with Gasteiger partial charge < -0.3 is 5.32 Å². The molecule has 0 amide bonds. The Labute approximate surface area is 111 Å². The molecular formula is C13H13Cl2NO. The van der Waals surface area contributed by atoms with E-state index in [1.165, 1.54) is 6.08 Å². The highest BCUT2D eigenvalue weighted by molar-refractivity contribution is 6.55. The lowest BCUT2D eigenvalue weighted by atomic mass is 10.1. The zero-order valence-corrected chi connectivity index (χ0v) is 10.7. The van der Waals surface area contributed by atoms with Crippen LogP contribution in [0.15, 0.2) is 49.1 Å². The quantitative estimate of drug-likeness (QED) is 0.488. The number of alkyl halides is 2. The van der Waals surface area contributed by atoms with Gasteiger partial charge in [-0.15, -0.1) is 6.58 Å². The topological polar surface area (TPSA) is 29.1 Å². The van der Waals surface area contributed by atoms with Crippen LogP contribution in [0.2, 0.25) is 0 Å². The van der Waals surface area contributed by atoms with Gasteiger partial charge in [0, 0.05) is 18.3 Å². The summed E-state index contributed by atoms with van der Waals surface area (Å²) >= 11 is 11.0. The number of halogens is 2. The molecule has 0 saturated carbocycles. The molecule has 1 rings (SSSR count). The summed E-state index contributed by atoms with van der Waals surface area (Å²) in [5.41, 5.74) is 1.58. The highest BCUT2D eigenvalue weighted by Crippen LogP contribution is 2.13. The minimum atomic E-state index is -1.04. The van der Waals surface area contributed by atoms with E-state index in [2.05, 4.69) is 11.9 Å². The van der Waals surface area contributed by atoms with Gasteiger partial charge in [0.1, 0.15) is 0 Å². The molecule has 0 fully saturated rings. The van der Waals surface area contributed by atoms with E-state index in [9.17, 15) is 4.79 Å². The lowest BCUT2D eigenvalue weighted by Gasteiger charge is -2.09. The second-order valence-corrected chi connectivity index (χ2v) is 4.39. The first-order valence-electron chi connectivity index (χ1n) is 5.09. The van der Waals surface area contributed by atoms with Crippen LogP contribution in [0.1, 0.15) is 5.56 Å². The Morgan fingerprint density at radius 1 is 1.35 bits per heavy atom. The van der Waals surface area contributed by atoms with Crippen LogP contribution in [0.5, 0.6) is 0 Å². The molecule has 0 aliphatic rings. The van der Waals surface area contributed by atoms with Gasteiger partial charge in [0.25, 0.3) is 0 Å². The monoisotopic (exact) mass is 269 g/mol. The third kappa shape index (κ3) is 4.63. The lowest BCUT2D eigenvalue weighted by molar-refractivity contribution is -0.113. The van der Waals surface area contributed by atoms with Crippen molar-refractivity contribution in [2.24, 2.45) is 0 Å². The summed E-state index contributed by atoms with van der Waals surface area (Å²) < 4.78 is 0. The molecule has 0 saturated heterocycles. The van der Waals surface area contributed by atoms with E-state index in [-0.39, 0.29) is 5.78 Å². The Kier molecular flexibility index (Phi) is 5.81. The maximum atomic E-state index is 11.5. The molecule has 2 nitrogen and oxygen atoms in total. The highest BCUT2D eigenvalue weighted by Gasteiger charge is 2.10. The van der Waals surface area contributed by atoms with Crippen molar-refractivity contribution < 1.29 is 4.79 Å². The second kappa shape index (κ2) is 7.15. The van der Waals surface area contributed by atoms with Crippen molar-refractivity contribution in [1.82, 2.24) is 5.32 Å². The van der Waals surface area contributed by atoms with E-state index < -0.39 is 4.84 Å². The van der Waals surface area contributed by atoms with Crippen LogP contribution in [0, 0.1) is 0 Å². The lowest BCUT2D eigenvalue weighted by Crippen LogP contribution is -2.15. The van der Waals surface area contributed by atoms with Crippen LogP contribution in [0.3, 0.4) is 0 Å². The minimum Gasteiger partial charge on any atom is -0.381 e. The third-order valence-electron chi connectivity index (χ3n) is 2.02. The number of benzene rings is 1. The molecule has 0 spiro atoms. The maximum Gasteiger partial charge on any atom is 0.190 e. The number of rotatable bonds is 6. The predicted octanol–water partition coefficient (Wildman–Crippen LogP) is 3.18. The third-order valence-corrected chi connectivity index (χ3v) is 2.45. The number of ketones is 1. The number of allylic oxidation sites excluding steroid dienone is 1. The molecule has 0 aromatic heterocycles. The van der Waals surface area contributed by atoms with Crippen molar-refractivity contribution in [1.29, 1.82) is 0 Å².